The van der Waals surface area contributed by atoms with Crippen LogP contribution in [0.3, 0.4) is 0 Å². The molecule has 0 spiro atoms. The molecule has 0 saturated carbocycles. The van der Waals surface area contributed by atoms with Crippen LogP contribution in [-0.2, 0) is 28.6 Å². The minimum atomic E-state index is -0.763. The van der Waals surface area contributed by atoms with Gasteiger partial charge in [0, 0.05) is 19.3 Å². The molecule has 0 aliphatic carbocycles. The standard InChI is InChI=1S/C66H128O6/c1-6-8-9-10-11-12-29-36-41-46-51-56-64(67)70-59-63(72-66(69)58-53-48-43-38-33-28-24-20-15-13-17-21-25-30-34-39-44-49-54-61(3)4)60-71-65(68)57-52-47-42-37-32-27-23-19-16-14-18-22-26-31-35-40-45-50-55-62(5)7-2/h61-63H,6-60H2,1-5H3/t62?,63-/m1/s1. The van der Waals surface area contributed by atoms with Crippen LogP contribution in [-0.4, -0.2) is 37.2 Å². The SMILES string of the molecule is CCCCCCCCCCCCCC(=O)OC[C@H](COC(=O)CCCCCCCCCCCCCCCCCCCCC(C)CC)OC(=O)CCCCCCCCCCCCCCCCCCCCC(C)C. The molecule has 428 valence electrons. The molecular formula is C66H128O6. The van der Waals surface area contributed by atoms with Crippen molar-refractivity contribution in [2.75, 3.05) is 13.2 Å². The van der Waals surface area contributed by atoms with Gasteiger partial charge in [0.15, 0.2) is 6.10 Å². The largest absolute Gasteiger partial charge is 0.462 e. The van der Waals surface area contributed by atoms with E-state index in [4.69, 9.17) is 14.2 Å². The summed E-state index contributed by atoms with van der Waals surface area (Å²) in [4.78, 5) is 38.3. The van der Waals surface area contributed by atoms with Crippen LogP contribution in [0.25, 0.3) is 0 Å². The first-order valence-corrected chi connectivity index (χ1v) is 32.8. The second-order valence-electron chi connectivity index (χ2n) is 23.5. The van der Waals surface area contributed by atoms with E-state index < -0.39 is 6.10 Å². The van der Waals surface area contributed by atoms with Crippen LogP contribution >= 0.6 is 0 Å². The van der Waals surface area contributed by atoms with Crippen molar-refractivity contribution in [3.63, 3.8) is 0 Å². The van der Waals surface area contributed by atoms with E-state index in [9.17, 15) is 14.4 Å². The lowest BCUT2D eigenvalue weighted by Gasteiger charge is -2.18. The van der Waals surface area contributed by atoms with Crippen LogP contribution in [0.4, 0.5) is 0 Å². The molecule has 0 amide bonds. The Labute approximate surface area is 450 Å². The van der Waals surface area contributed by atoms with Crippen molar-refractivity contribution < 1.29 is 28.6 Å². The molecule has 0 N–H and O–H groups in total. The van der Waals surface area contributed by atoms with Gasteiger partial charge in [-0.15, -0.1) is 0 Å². The Morgan fingerprint density at radius 2 is 0.528 bits per heavy atom. The van der Waals surface area contributed by atoms with Gasteiger partial charge < -0.3 is 14.2 Å². The predicted octanol–water partition coefficient (Wildman–Crippen LogP) is 22.0. The van der Waals surface area contributed by atoms with E-state index in [0.29, 0.717) is 19.3 Å². The molecule has 0 radical (unpaired) electrons. The van der Waals surface area contributed by atoms with Gasteiger partial charge in [0.05, 0.1) is 0 Å². The molecule has 6 nitrogen and oxygen atoms in total. The summed E-state index contributed by atoms with van der Waals surface area (Å²) in [5.74, 6) is 0.937. The number of carbonyl (C=O) groups excluding carboxylic acids is 3. The molecule has 0 fully saturated rings. The highest BCUT2D eigenvalue weighted by Gasteiger charge is 2.19. The smallest absolute Gasteiger partial charge is 0.306 e. The number of hydrogen-bond acceptors (Lipinski definition) is 6. The van der Waals surface area contributed by atoms with Crippen LogP contribution in [0.1, 0.15) is 375 Å². The Hall–Kier alpha value is -1.59. The Bertz CT molecular complexity index is 1110. The maximum absolute atomic E-state index is 12.9. The zero-order valence-corrected chi connectivity index (χ0v) is 49.6. The third-order valence-corrected chi connectivity index (χ3v) is 15.6. The summed E-state index contributed by atoms with van der Waals surface area (Å²) >= 11 is 0. The molecule has 0 saturated heterocycles. The van der Waals surface area contributed by atoms with Crippen molar-refractivity contribution in [1.29, 1.82) is 0 Å². The summed E-state index contributed by atoms with van der Waals surface area (Å²) in [6.07, 6.45) is 65.4. The number of carbonyl (C=O) groups is 3. The summed E-state index contributed by atoms with van der Waals surface area (Å²) in [5, 5.41) is 0. The van der Waals surface area contributed by atoms with Crippen molar-refractivity contribution in [2.45, 2.75) is 381 Å². The second-order valence-corrected chi connectivity index (χ2v) is 23.5. The first kappa shape index (κ1) is 70.4. The van der Waals surface area contributed by atoms with E-state index in [-0.39, 0.29) is 31.1 Å². The van der Waals surface area contributed by atoms with Gasteiger partial charge in [-0.1, -0.05) is 336 Å². The van der Waals surface area contributed by atoms with Gasteiger partial charge in [-0.3, -0.25) is 14.4 Å². The number of esters is 3. The Morgan fingerprint density at radius 1 is 0.292 bits per heavy atom. The fraction of sp³-hybridized carbons (Fsp3) is 0.955. The van der Waals surface area contributed by atoms with E-state index >= 15 is 0 Å². The van der Waals surface area contributed by atoms with Gasteiger partial charge >= 0.3 is 17.9 Å². The molecule has 72 heavy (non-hydrogen) atoms. The highest BCUT2D eigenvalue weighted by atomic mass is 16.6. The molecule has 0 aromatic heterocycles. The summed E-state index contributed by atoms with van der Waals surface area (Å²) in [6.45, 7) is 11.5. The highest BCUT2D eigenvalue weighted by Crippen LogP contribution is 2.19. The fourth-order valence-corrected chi connectivity index (χ4v) is 10.3. The highest BCUT2D eigenvalue weighted by molar-refractivity contribution is 5.71. The molecular weight excluding hydrogens is 889 g/mol. The maximum Gasteiger partial charge on any atom is 0.306 e. The summed E-state index contributed by atoms with van der Waals surface area (Å²) in [5.41, 5.74) is 0. The topological polar surface area (TPSA) is 78.9 Å². The van der Waals surface area contributed by atoms with E-state index in [0.717, 1.165) is 69.6 Å². The number of ether oxygens (including phenoxy) is 3. The van der Waals surface area contributed by atoms with Crippen LogP contribution in [0.2, 0.25) is 0 Å². The van der Waals surface area contributed by atoms with Crippen LogP contribution in [0.15, 0.2) is 0 Å². The third kappa shape index (κ3) is 57.7. The minimum absolute atomic E-state index is 0.0617. The van der Waals surface area contributed by atoms with Gasteiger partial charge in [-0.05, 0) is 31.1 Å². The fourth-order valence-electron chi connectivity index (χ4n) is 10.3. The first-order valence-electron chi connectivity index (χ1n) is 32.8. The van der Waals surface area contributed by atoms with Gasteiger partial charge in [0.25, 0.3) is 0 Å². The third-order valence-electron chi connectivity index (χ3n) is 15.6. The normalized spacial score (nSPS) is 12.4. The summed E-state index contributed by atoms with van der Waals surface area (Å²) in [7, 11) is 0. The quantitative estimate of drug-likeness (QED) is 0.0343. The molecule has 0 bridgehead atoms. The van der Waals surface area contributed by atoms with Gasteiger partial charge in [-0.2, -0.15) is 0 Å². The molecule has 1 unspecified atom stereocenters. The lowest BCUT2D eigenvalue weighted by Crippen LogP contribution is -2.30. The Morgan fingerprint density at radius 3 is 0.792 bits per heavy atom. The number of unbranched alkanes of at least 4 members (excludes halogenated alkanes) is 44. The van der Waals surface area contributed by atoms with Gasteiger partial charge in [0.2, 0.25) is 0 Å². The lowest BCUT2D eigenvalue weighted by atomic mass is 9.99. The second kappa shape index (κ2) is 58.7. The van der Waals surface area contributed by atoms with Crippen molar-refractivity contribution in [3.05, 3.63) is 0 Å². The molecule has 0 rings (SSSR count). The van der Waals surface area contributed by atoms with E-state index in [1.165, 1.54) is 263 Å². The minimum Gasteiger partial charge on any atom is -0.462 e. The average Bonchev–Trinajstić information content (AvgIpc) is 3.37. The Balaban J connectivity index is 4.20. The molecule has 0 heterocycles. The number of rotatable bonds is 60. The van der Waals surface area contributed by atoms with Crippen molar-refractivity contribution in [2.24, 2.45) is 11.8 Å². The monoisotopic (exact) mass is 1020 g/mol. The van der Waals surface area contributed by atoms with E-state index in [1.807, 2.05) is 0 Å². The molecule has 0 aromatic carbocycles. The molecule has 0 aliphatic rings. The maximum atomic E-state index is 12.9. The molecule has 0 aliphatic heterocycles. The van der Waals surface area contributed by atoms with Crippen molar-refractivity contribution in [1.82, 2.24) is 0 Å². The summed E-state index contributed by atoms with van der Waals surface area (Å²) < 4.78 is 16.9. The first-order chi connectivity index (χ1) is 35.3. The molecule has 0 aromatic rings. The molecule has 6 heteroatoms. The zero-order valence-electron chi connectivity index (χ0n) is 49.6. The van der Waals surface area contributed by atoms with E-state index in [2.05, 4.69) is 34.6 Å². The van der Waals surface area contributed by atoms with Crippen LogP contribution < -0.4 is 0 Å². The van der Waals surface area contributed by atoms with Crippen molar-refractivity contribution in [3.8, 4) is 0 Å². The van der Waals surface area contributed by atoms with Crippen LogP contribution in [0.5, 0.6) is 0 Å². The zero-order chi connectivity index (χ0) is 52.5. The van der Waals surface area contributed by atoms with Crippen molar-refractivity contribution >= 4 is 17.9 Å². The van der Waals surface area contributed by atoms with E-state index in [1.54, 1.807) is 0 Å². The Kier molecular flexibility index (Phi) is 57.4. The van der Waals surface area contributed by atoms with Gasteiger partial charge in [-0.25, -0.2) is 0 Å². The summed E-state index contributed by atoms with van der Waals surface area (Å²) in [6, 6.07) is 0. The predicted molar refractivity (Wildman–Crippen MR) is 312 cm³/mol. The van der Waals surface area contributed by atoms with Gasteiger partial charge in [0.1, 0.15) is 13.2 Å². The molecule has 2 atom stereocenters. The number of hydrogen-bond donors (Lipinski definition) is 0. The van der Waals surface area contributed by atoms with Crippen LogP contribution in [0, 0.1) is 11.8 Å². The lowest BCUT2D eigenvalue weighted by molar-refractivity contribution is -0.167. The average molecular weight is 1020 g/mol.